The van der Waals surface area contributed by atoms with E-state index in [1.54, 1.807) is 0 Å². The zero-order valence-electron chi connectivity index (χ0n) is 15.6. The number of rotatable bonds is 6. The second-order valence-electron chi connectivity index (χ2n) is 6.75. The second-order valence-corrected chi connectivity index (χ2v) is 6.75. The molecule has 1 unspecified atom stereocenters. The van der Waals surface area contributed by atoms with Crippen molar-refractivity contribution in [1.82, 2.24) is 9.88 Å². The van der Waals surface area contributed by atoms with E-state index in [-0.39, 0.29) is 0 Å². The van der Waals surface area contributed by atoms with Crippen molar-refractivity contribution in [3.05, 3.63) is 54.3 Å². The molecule has 1 N–H and O–H groups in total. The zero-order valence-corrected chi connectivity index (χ0v) is 15.6. The number of anilines is 1. The van der Waals surface area contributed by atoms with Crippen molar-refractivity contribution in [3.8, 4) is 0 Å². The third kappa shape index (κ3) is 3.93. The molecule has 1 saturated heterocycles. The minimum atomic E-state index is 0.629. The second kappa shape index (κ2) is 8.30. The number of nitrogens with zero attached hydrogens (tertiary/aromatic N) is 2. The number of benzene rings is 1. The Morgan fingerprint density at radius 3 is 3.00 bits per heavy atom. The number of pyridine rings is 1. The van der Waals surface area contributed by atoms with Gasteiger partial charge in [-0.25, -0.2) is 0 Å². The molecule has 132 valence electrons. The van der Waals surface area contributed by atoms with E-state index in [0.29, 0.717) is 6.04 Å². The minimum absolute atomic E-state index is 0.629. The van der Waals surface area contributed by atoms with E-state index in [2.05, 4.69) is 71.5 Å². The Morgan fingerprint density at radius 1 is 1.36 bits per heavy atom. The molecule has 1 fully saturated rings. The largest absolute Gasteiger partial charge is 0.382 e. The molecule has 0 radical (unpaired) electrons. The molecule has 1 aliphatic heterocycles. The molecule has 1 aromatic carbocycles. The first kappa shape index (κ1) is 17.7. The molecule has 1 aliphatic rings. The fourth-order valence-corrected chi connectivity index (χ4v) is 3.72. The number of nitrogens with one attached hydrogen (secondary N) is 1. The van der Waals surface area contributed by atoms with Crippen molar-refractivity contribution < 1.29 is 0 Å². The van der Waals surface area contributed by atoms with Crippen molar-refractivity contribution in [2.45, 2.75) is 39.7 Å². The Hall–Kier alpha value is -2.13. The van der Waals surface area contributed by atoms with Crippen LogP contribution in [0.5, 0.6) is 0 Å². The normalized spacial score (nSPS) is 19.2. The maximum Gasteiger partial charge on any atom is 0.0723 e. The highest BCUT2D eigenvalue weighted by Gasteiger charge is 2.23. The van der Waals surface area contributed by atoms with Crippen LogP contribution in [0.1, 0.15) is 39.2 Å². The number of hydrogen-bond donors (Lipinski definition) is 1. The highest BCUT2D eigenvalue weighted by Crippen LogP contribution is 2.31. The molecule has 3 nitrogen and oxygen atoms in total. The van der Waals surface area contributed by atoms with Gasteiger partial charge in [0.25, 0.3) is 0 Å². The van der Waals surface area contributed by atoms with E-state index in [0.717, 1.165) is 18.6 Å². The first-order chi connectivity index (χ1) is 12.2. The number of fused-ring (bicyclic) bond motifs is 1. The van der Waals surface area contributed by atoms with Crippen LogP contribution in [-0.2, 0) is 0 Å². The Kier molecular flexibility index (Phi) is 5.87. The van der Waals surface area contributed by atoms with E-state index in [1.165, 1.54) is 41.6 Å². The Labute approximate surface area is 151 Å². The predicted octanol–water partition coefficient (Wildman–Crippen LogP) is 5.11. The van der Waals surface area contributed by atoms with Crippen molar-refractivity contribution >= 4 is 22.2 Å². The SMILES string of the molecule is C/C=C\C=C(/C)c1cnc2ccccc2c1NCC1CCCN1CC. The Morgan fingerprint density at radius 2 is 2.20 bits per heavy atom. The van der Waals surface area contributed by atoms with Crippen molar-refractivity contribution in [2.24, 2.45) is 0 Å². The van der Waals surface area contributed by atoms with Gasteiger partial charge < -0.3 is 5.32 Å². The Balaban J connectivity index is 1.95. The van der Waals surface area contributed by atoms with Gasteiger partial charge in [0.1, 0.15) is 0 Å². The third-order valence-electron chi connectivity index (χ3n) is 5.16. The number of para-hydroxylation sites is 1. The summed E-state index contributed by atoms with van der Waals surface area (Å²) in [5.74, 6) is 0. The summed E-state index contributed by atoms with van der Waals surface area (Å²) >= 11 is 0. The summed E-state index contributed by atoms with van der Waals surface area (Å²) in [5.41, 5.74) is 4.69. The van der Waals surface area contributed by atoms with Crippen molar-refractivity contribution in [3.63, 3.8) is 0 Å². The van der Waals surface area contributed by atoms with E-state index in [9.17, 15) is 0 Å². The number of allylic oxidation sites excluding steroid dienone is 4. The molecule has 1 aromatic heterocycles. The number of aromatic nitrogens is 1. The smallest absolute Gasteiger partial charge is 0.0723 e. The predicted molar refractivity (Wildman–Crippen MR) is 109 cm³/mol. The lowest BCUT2D eigenvalue weighted by atomic mass is 10.0. The van der Waals surface area contributed by atoms with Gasteiger partial charge in [-0.3, -0.25) is 9.88 Å². The van der Waals surface area contributed by atoms with Crippen LogP contribution in [0, 0.1) is 0 Å². The number of hydrogen-bond acceptors (Lipinski definition) is 3. The summed E-state index contributed by atoms with van der Waals surface area (Å²) < 4.78 is 0. The van der Waals surface area contributed by atoms with Crippen LogP contribution >= 0.6 is 0 Å². The molecule has 25 heavy (non-hydrogen) atoms. The average molecular weight is 335 g/mol. The van der Waals surface area contributed by atoms with Gasteiger partial charge in [0, 0.05) is 29.7 Å². The number of likely N-dealkylation sites (N-methyl/N-ethyl adjacent to an activating group) is 1. The minimum Gasteiger partial charge on any atom is -0.382 e. The van der Waals surface area contributed by atoms with Gasteiger partial charge >= 0.3 is 0 Å². The van der Waals surface area contributed by atoms with E-state index >= 15 is 0 Å². The summed E-state index contributed by atoms with van der Waals surface area (Å²) in [6.07, 6.45) is 10.9. The molecular formula is C22H29N3. The van der Waals surface area contributed by atoms with Crippen LogP contribution in [0.2, 0.25) is 0 Å². The lowest BCUT2D eigenvalue weighted by Gasteiger charge is -2.24. The first-order valence-corrected chi connectivity index (χ1v) is 9.40. The highest BCUT2D eigenvalue weighted by atomic mass is 15.2. The summed E-state index contributed by atoms with van der Waals surface area (Å²) in [4.78, 5) is 7.25. The summed E-state index contributed by atoms with van der Waals surface area (Å²) in [6, 6.07) is 9.03. The average Bonchev–Trinajstić information content (AvgIpc) is 3.11. The summed E-state index contributed by atoms with van der Waals surface area (Å²) in [6.45, 7) is 9.82. The van der Waals surface area contributed by atoms with Crippen LogP contribution in [0.25, 0.3) is 16.5 Å². The monoisotopic (exact) mass is 335 g/mol. The van der Waals surface area contributed by atoms with Crippen LogP contribution in [0.15, 0.2) is 48.7 Å². The van der Waals surface area contributed by atoms with Gasteiger partial charge in [0.05, 0.1) is 11.2 Å². The first-order valence-electron chi connectivity index (χ1n) is 9.40. The van der Waals surface area contributed by atoms with Crippen molar-refractivity contribution in [1.29, 1.82) is 0 Å². The highest BCUT2D eigenvalue weighted by molar-refractivity contribution is 5.97. The zero-order chi connectivity index (χ0) is 17.6. The fourth-order valence-electron chi connectivity index (χ4n) is 3.72. The van der Waals surface area contributed by atoms with E-state index in [4.69, 9.17) is 0 Å². The Bertz CT molecular complexity index is 776. The molecule has 0 spiro atoms. The number of likely N-dealkylation sites (tertiary alicyclic amines) is 1. The van der Waals surface area contributed by atoms with E-state index in [1.807, 2.05) is 13.1 Å². The lowest BCUT2D eigenvalue weighted by molar-refractivity contribution is 0.277. The van der Waals surface area contributed by atoms with Gasteiger partial charge in [0.2, 0.25) is 0 Å². The summed E-state index contributed by atoms with van der Waals surface area (Å²) in [7, 11) is 0. The molecule has 3 rings (SSSR count). The molecular weight excluding hydrogens is 306 g/mol. The van der Waals surface area contributed by atoms with Crippen LogP contribution < -0.4 is 5.32 Å². The van der Waals surface area contributed by atoms with Crippen molar-refractivity contribution in [2.75, 3.05) is 25.0 Å². The molecule has 3 heteroatoms. The van der Waals surface area contributed by atoms with Crippen LogP contribution in [-0.4, -0.2) is 35.6 Å². The van der Waals surface area contributed by atoms with Gasteiger partial charge in [-0.05, 0) is 51.4 Å². The van der Waals surface area contributed by atoms with Gasteiger partial charge in [-0.15, -0.1) is 0 Å². The standard InChI is InChI=1S/C22H29N3/c1-4-6-10-17(3)20-16-23-21-13-8-7-12-19(21)22(20)24-15-18-11-9-14-25(18)5-2/h4,6-8,10,12-13,16,18H,5,9,11,14-15H2,1-3H3,(H,23,24)/b6-4-,17-10+. The molecule has 0 saturated carbocycles. The van der Waals surface area contributed by atoms with Gasteiger partial charge in [-0.1, -0.05) is 43.4 Å². The topological polar surface area (TPSA) is 28.2 Å². The van der Waals surface area contributed by atoms with Gasteiger partial charge in [0.15, 0.2) is 0 Å². The van der Waals surface area contributed by atoms with E-state index < -0.39 is 0 Å². The molecule has 1 atom stereocenters. The molecule has 2 heterocycles. The maximum absolute atomic E-state index is 4.67. The maximum atomic E-state index is 4.67. The molecule has 0 aliphatic carbocycles. The quantitative estimate of drug-likeness (QED) is 0.744. The van der Waals surface area contributed by atoms with Crippen LogP contribution in [0.4, 0.5) is 5.69 Å². The molecule has 0 bridgehead atoms. The van der Waals surface area contributed by atoms with Gasteiger partial charge in [-0.2, -0.15) is 0 Å². The fraction of sp³-hybridized carbons (Fsp3) is 0.409. The van der Waals surface area contributed by atoms with Crippen LogP contribution in [0.3, 0.4) is 0 Å². The molecule has 0 amide bonds. The lowest BCUT2D eigenvalue weighted by Crippen LogP contribution is -2.34. The summed E-state index contributed by atoms with van der Waals surface area (Å²) in [5, 5.41) is 4.98. The molecule has 2 aromatic rings. The third-order valence-corrected chi connectivity index (χ3v) is 5.16.